The highest BCUT2D eigenvalue weighted by molar-refractivity contribution is 5.97. The maximum Gasteiger partial charge on any atom is 0.333 e. The molecule has 26 heavy (non-hydrogen) atoms. The fraction of sp³-hybridized carbons (Fsp3) is 0.600. The van der Waals surface area contributed by atoms with Gasteiger partial charge in [0.15, 0.2) is 6.61 Å². The maximum absolute atomic E-state index is 12.1. The molecule has 1 aromatic rings. The van der Waals surface area contributed by atoms with Crippen molar-refractivity contribution in [2.75, 3.05) is 18.8 Å². The number of hydrogen-bond donors (Lipinski definition) is 0. The van der Waals surface area contributed by atoms with E-state index in [9.17, 15) is 9.59 Å². The molecular formula is C20H29NO5. The third-order valence-electron chi connectivity index (χ3n) is 4.39. The molecule has 0 spiro atoms. The van der Waals surface area contributed by atoms with Gasteiger partial charge >= 0.3 is 5.97 Å². The molecule has 0 saturated carbocycles. The molecule has 0 N–H and O–H groups in total. The lowest BCUT2D eigenvalue weighted by atomic mass is 10.1. The van der Waals surface area contributed by atoms with E-state index in [2.05, 4.69) is 6.92 Å². The summed E-state index contributed by atoms with van der Waals surface area (Å²) in [5.74, 6) is 0.242. The quantitative estimate of drug-likeness (QED) is 0.545. The molecule has 0 fully saturated rings. The second-order valence-corrected chi connectivity index (χ2v) is 6.50. The molecule has 1 aliphatic rings. The molecule has 0 aliphatic carbocycles. The van der Waals surface area contributed by atoms with Crippen LogP contribution in [0.3, 0.4) is 0 Å². The lowest BCUT2D eigenvalue weighted by molar-refractivity contribution is -0.151. The van der Waals surface area contributed by atoms with Crippen LogP contribution in [0.2, 0.25) is 0 Å². The Morgan fingerprint density at radius 1 is 1.12 bits per heavy atom. The first kappa shape index (κ1) is 20.1. The molecule has 6 nitrogen and oxygen atoms in total. The average Bonchev–Trinajstić information content (AvgIpc) is 2.65. The largest absolute Gasteiger partial charge is 0.497 e. The van der Waals surface area contributed by atoms with Crippen molar-refractivity contribution in [3.05, 3.63) is 18.2 Å². The standard InChI is InChI=1S/C20H29NO5/c1-3-4-5-6-7-8-9-10-11-20(23)26-21-17-14-16(24-2)12-13-18(17)25-15-19(21)22/h12-14H,3-11,15H2,1-2H3. The number of unbranched alkanes of at least 4 members (excludes halogenated alkanes) is 7. The zero-order chi connectivity index (χ0) is 18.8. The molecule has 0 atom stereocenters. The van der Waals surface area contributed by atoms with Crippen molar-refractivity contribution in [2.24, 2.45) is 0 Å². The second kappa shape index (κ2) is 10.7. The van der Waals surface area contributed by atoms with Gasteiger partial charge in [0.05, 0.1) is 7.11 Å². The molecule has 0 saturated heterocycles. The smallest absolute Gasteiger partial charge is 0.333 e. The first-order valence-electron chi connectivity index (χ1n) is 9.50. The summed E-state index contributed by atoms with van der Waals surface area (Å²) in [6.07, 6.45) is 9.53. The van der Waals surface area contributed by atoms with E-state index in [0.29, 0.717) is 23.6 Å². The van der Waals surface area contributed by atoms with Crippen LogP contribution in [0.25, 0.3) is 0 Å². The Morgan fingerprint density at radius 2 is 1.81 bits per heavy atom. The summed E-state index contributed by atoms with van der Waals surface area (Å²) >= 11 is 0. The predicted octanol–water partition coefficient (Wildman–Crippen LogP) is 4.41. The van der Waals surface area contributed by atoms with Gasteiger partial charge in [-0.2, -0.15) is 0 Å². The van der Waals surface area contributed by atoms with E-state index in [1.807, 2.05) is 0 Å². The van der Waals surface area contributed by atoms with Crippen LogP contribution >= 0.6 is 0 Å². The van der Waals surface area contributed by atoms with Gasteiger partial charge < -0.3 is 14.3 Å². The number of hydroxylamine groups is 1. The van der Waals surface area contributed by atoms with E-state index >= 15 is 0 Å². The SMILES string of the molecule is CCCCCCCCCCC(=O)ON1C(=O)COc2ccc(OC)cc21. The summed E-state index contributed by atoms with van der Waals surface area (Å²) in [4.78, 5) is 29.5. The lowest BCUT2D eigenvalue weighted by Crippen LogP contribution is -2.40. The normalized spacial score (nSPS) is 13.2. The second-order valence-electron chi connectivity index (χ2n) is 6.50. The van der Waals surface area contributed by atoms with Crippen LogP contribution < -0.4 is 14.5 Å². The van der Waals surface area contributed by atoms with Gasteiger partial charge in [-0.25, -0.2) is 4.79 Å². The van der Waals surface area contributed by atoms with Crippen molar-refractivity contribution in [3.8, 4) is 11.5 Å². The number of carbonyl (C=O) groups excluding carboxylic acids is 2. The highest BCUT2D eigenvalue weighted by atomic mass is 16.7. The van der Waals surface area contributed by atoms with Crippen LogP contribution in [0.1, 0.15) is 64.7 Å². The number of anilines is 1. The van der Waals surface area contributed by atoms with E-state index in [4.69, 9.17) is 14.3 Å². The van der Waals surface area contributed by atoms with E-state index in [1.165, 1.54) is 39.2 Å². The first-order valence-corrected chi connectivity index (χ1v) is 9.50. The molecule has 0 unspecified atom stereocenters. The van der Waals surface area contributed by atoms with Crippen LogP contribution in [-0.4, -0.2) is 25.6 Å². The van der Waals surface area contributed by atoms with Crippen molar-refractivity contribution >= 4 is 17.6 Å². The van der Waals surface area contributed by atoms with Crippen LogP contribution in [0.15, 0.2) is 18.2 Å². The minimum atomic E-state index is -0.407. The maximum atomic E-state index is 12.1. The number of rotatable bonds is 11. The molecule has 0 bridgehead atoms. The van der Waals surface area contributed by atoms with E-state index in [1.54, 1.807) is 18.2 Å². The van der Waals surface area contributed by atoms with Gasteiger partial charge in [-0.3, -0.25) is 4.79 Å². The predicted molar refractivity (Wildman–Crippen MR) is 99.3 cm³/mol. The first-order chi connectivity index (χ1) is 12.7. The highest BCUT2D eigenvalue weighted by Crippen LogP contribution is 2.35. The molecule has 144 valence electrons. The Hall–Kier alpha value is -2.24. The number of fused-ring (bicyclic) bond motifs is 1. The fourth-order valence-corrected chi connectivity index (χ4v) is 2.89. The number of nitrogens with zero attached hydrogens (tertiary/aromatic N) is 1. The minimum absolute atomic E-state index is 0.148. The van der Waals surface area contributed by atoms with Crippen molar-refractivity contribution in [1.29, 1.82) is 0 Å². The van der Waals surface area contributed by atoms with Crippen molar-refractivity contribution < 1.29 is 23.9 Å². The number of hydrogen-bond acceptors (Lipinski definition) is 5. The van der Waals surface area contributed by atoms with Crippen LogP contribution in [0.4, 0.5) is 5.69 Å². The van der Waals surface area contributed by atoms with Gasteiger partial charge in [0.1, 0.15) is 17.2 Å². The van der Waals surface area contributed by atoms with E-state index in [-0.39, 0.29) is 6.61 Å². The molecule has 1 amide bonds. The average molecular weight is 363 g/mol. The molecule has 0 aromatic heterocycles. The highest BCUT2D eigenvalue weighted by Gasteiger charge is 2.29. The van der Waals surface area contributed by atoms with Gasteiger partial charge in [-0.15, -0.1) is 5.06 Å². The van der Waals surface area contributed by atoms with Crippen LogP contribution in [0.5, 0.6) is 11.5 Å². The molecular weight excluding hydrogens is 334 g/mol. The van der Waals surface area contributed by atoms with Gasteiger partial charge in [-0.05, 0) is 18.6 Å². The van der Waals surface area contributed by atoms with Gasteiger partial charge in [-0.1, -0.05) is 51.9 Å². The van der Waals surface area contributed by atoms with Crippen LogP contribution in [0, 0.1) is 0 Å². The molecule has 6 heteroatoms. The zero-order valence-electron chi connectivity index (χ0n) is 15.8. The Morgan fingerprint density at radius 3 is 2.50 bits per heavy atom. The Bertz CT molecular complexity index is 602. The number of carbonyl (C=O) groups is 2. The molecule has 1 aromatic carbocycles. The minimum Gasteiger partial charge on any atom is -0.497 e. The van der Waals surface area contributed by atoms with Crippen molar-refractivity contribution in [3.63, 3.8) is 0 Å². The number of methoxy groups -OCH3 is 1. The van der Waals surface area contributed by atoms with Crippen molar-refractivity contribution in [1.82, 2.24) is 0 Å². The fourth-order valence-electron chi connectivity index (χ4n) is 2.89. The number of benzene rings is 1. The lowest BCUT2D eigenvalue weighted by Gasteiger charge is -2.27. The molecule has 2 rings (SSSR count). The summed E-state index contributed by atoms with van der Waals surface area (Å²) in [7, 11) is 1.53. The summed E-state index contributed by atoms with van der Waals surface area (Å²) in [5.41, 5.74) is 0.393. The topological polar surface area (TPSA) is 65.1 Å². The summed E-state index contributed by atoms with van der Waals surface area (Å²) in [5, 5.41) is 1.02. The monoisotopic (exact) mass is 363 g/mol. The Labute approximate surface area is 155 Å². The van der Waals surface area contributed by atoms with E-state index in [0.717, 1.165) is 24.3 Å². The van der Waals surface area contributed by atoms with Crippen molar-refractivity contribution in [2.45, 2.75) is 64.7 Å². The molecule has 1 aliphatic heterocycles. The zero-order valence-corrected chi connectivity index (χ0v) is 15.8. The summed E-state index contributed by atoms with van der Waals surface area (Å²) < 4.78 is 10.5. The van der Waals surface area contributed by atoms with Gasteiger partial charge in [0.2, 0.25) is 0 Å². The summed E-state index contributed by atoms with van der Waals surface area (Å²) in [6, 6.07) is 5.05. The molecule has 1 heterocycles. The summed E-state index contributed by atoms with van der Waals surface area (Å²) in [6.45, 7) is 2.06. The Kier molecular flexibility index (Phi) is 8.25. The molecule has 0 radical (unpaired) electrons. The Balaban J connectivity index is 1.77. The third kappa shape index (κ3) is 5.93. The number of amides is 1. The van der Waals surface area contributed by atoms with Gasteiger partial charge in [0, 0.05) is 12.5 Å². The van der Waals surface area contributed by atoms with Gasteiger partial charge in [0.25, 0.3) is 5.91 Å². The van der Waals surface area contributed by atoms with E-state index < -0.39 is 11.9 Å². The van der Waals surface area contributed by atoms with Crippen LogP contribution in [-0.2, 0) is 14.4 Å². The number of ether oxygens (including phenoxy) is 2. The third-order valence-corrected chi connectivity index (χ3v) is 4.39.